The van der Waals surface area contributed by atoms with Gasteiger partial charge in [-0.25, -0.2) is 4.39 Å². The topological polar surface area (TPSA) is 79.7 Å². The highest BCUT2D eigenvalue weighted by atomic mass is 19.1. The molecule has 1 fully saturated rings. The van der Waals surface area contributed by atoms with Gasteiger partial charge in [-0.1, -0.05) is 12.1 Å². The molecule has 2 aliphatic rings. The highest BCUT2D eigenvalue weighted by Crippen LogP contribution is 2.42. The van der Waals surface area contributed by atoms with E-state index >= 15 is 0 Å². The predicted octanol–water partition coefficient (Wildman–Crippen LogP) is 4.17. The van der Waals surface area contributed by atoms with E-state index in [4.69, 9.17) is 4.74 Å². The Labute approximate surface area is 183 Å². The van der Waals surface area contributed by atoms with E-state index < -0.39 is 23.5 Å². The largest absolute Gasteiger partial charge is 0.507 e. The Morgan fingerprint density at radius 2 is 1.97 bits per heavy atom. The number of hydrogen-bond donors (Lipinski definition) is 1. The number of pyridine rings is 1. The summed E-state index contributed by atoms with van der Waals surface area (Å²) in [5.41, 5.74) is 1.81. The summed E-state index contributed by atoms with van der Waals surface area (Å²) in [4.78, 5) is 31.6. The minimum atomic E-state index is -0.999. The number of hydrogen-bond acceptors (Lipinski definition) is 5. The van der Waals surface area contributed by atoms with Crippen molar-refractivity contribution in [3.05, 3.63) is 95.1 Å². The van der Waals surface area contributed by atoms with Gasteiger partial charge < -0.3 is 9.84 Å². The Morgan fingerprint density at radius 1 is 1.12 bits per heavy atom. The number of amides is 1. The molecule has 2 aromatic carbocycles. The molecule has 0 saturated carbocycles. The third kappa shape index (κ3) is 3.22. The molecular formula is C25H19FN2O4. The molecule has 1 N–H and O–H groups in total. The minimum Gasteiger partial charge on any atom is -0.507 e. The zero-order valence-electron chi connectivity index (χ0n) is 17.2. The number of aliphatic hydroxyl groups is 1. The van der Waals surface area contributed by atoms with Crippen LogP contribution in [-0.2, 0) is 16.0 Å². The number of ketones is 1. The molecule has 1 amide bonds. The number of halogens is 1. The van der Waals surface area contributed by atoms with Crippen LogP contribution in [0.5, 0.6) is 5.75 Å². The van der Waals surface area contributed by atoms with Crippen molar-refractivity contribution in [3.63, 3.8) is 0 Å². The number of carbonyl (C=O) groups excluding carboxylic acids is 2. The first kappa shape index (κ1) is 19.9. The van der Waals surface area contributed by atoms with Crippen molar-refractivity contribution >= 4 is 23.1 Å². The van der Waals surface area contributed by atoms with Gasteiger partial charge in [0.2, 0.25) is 0 Å². The molecule has 6 nitrogen and oxygen atoms in total. The molecule has 3 heterocycles. The molecule has 32 heavy (non-hydrogen) atoms. The molecule has 2 atom stereocenters. The first-order chi connectivity index (χ1) is 15.4. The van der Waals surface area contributed by atoms with Crippen LogP contribution in [0, 0.1) is 5.82 Å². The van der Waals surface area contributed by atoms with Gasteiger partial charge in [0, 0.05) is 23.9 Å². The normalized spacial score (nSPS) is 21.5. The van der Waals surface area contributed by atoms with Gasteiger partial charge in [-0.3, -0.25) is 19.5 Å². The van der Waals surface area contributed by atoms with Crippen molar-refractivity contribution in [2.75, 3.05) is 4.90 Å². The standard InChI is InChI=1S/C25H19FN2O4/c1-14-11-16-12-15(8-9-20(16)32-14)23(29)21-22(19-7-2-3-10-27-19)28(25(31)24(21)30)18-6-4-5-17(26)13-18/h2-10,12-14,22,29H,11H2,1H3/b23-21-. The molecular weight excluding hydrogens is 411 g/mol. The summed E-state index contributed by atoms with van der Waals surface area (Å²) in [5, 5.41) is 11.2. The highest BCUT2D eigenvalue weighted by Gasteiger charge is 2.47. The van der Waals surface area contributed by atoms with Crippen LogP contribution in [0.2, 0.25) is 0 Å². The van der Waals surface area contributed by atoms with E-state index in [0.29, 0.717) is 17.7 Å². The van der Waals surface area contributed by atoms with Gasteiger partial charge >= 0.3 is 0 Å². The van der Waals surface area contributed by atoms with Crippen LogP contribution in [0.3, 0.4) is 0 Å². The maximum atomic E-state index is 13.9. The lowest BCUT2D eigenvalue weighted by atomic mass is 9.96. The van der Waals surface area contributed by atoms with Gasteiger partial charge in [-0.15, -0.1) is 0 Å². The fourth-order valence-corrected chi connectivity index (χ4v) is 4.27. The van der Waals surface area contributed by atoms with Crippen LogP contribution >= 0.6 is 0 Å². The molecule has 7 heteroatoms. The van der Waals surface area contributed by atoms with Gasteiger partial charge in [0.05, 0.1) is 11.3 Å². The quantitative estimate of drug-likeness (QED) is 0.383. The maximum absolute atomic E-state index is 13.9. The number of fused-ring (bicyclic) bond motifs is 1. The molecule has 0 radical (unpaired) electrons. The number of rotatable bonds is 3. The Hall–Kier alpha value is -4.00. The summed E-state index contributed by atoms with van der Waals surface area (Å²) in [6, 6.07) is 14.7. The van der Waals surface area contributed by atoms with E-state index in [1.54, 1.807) is 36.4 Å². The lowest BCUT2D eigenvalue weighted by Gasteiger charge is -2.24. The number of carbonyl (C=O) groups is 2. The summed E-state index contributed by atoms with van der Waals surface area (Å²) in [7, 11) is 0. The summed E-state index contributed by atoms with van der Waals surface area (Å²) in [6.07, 6.45) is 2.24. The third-order valence-corrected chi connectivity index (χ3v) is 5.67. The van der Waals surface area contributed by atoms with Gasteiger partial charge in [0.1, 0.15) is 29.5 Å². The molecule has 1 saturated heterocycles. The zero-order chi connectivity index (χ0) is 22.4. The summed E-state index contributed by atoms with van der Waals surface area (Å²) >= 11 is 0. The third-order valence-electron chi connectivity index (χ3n) is 5.67. The Morgan fingerprint density at radius 3 is 2.72 bits per heavy atom. The highest BCUT2D eigenvalue weighted by molar-refractivity contribution is 6.51. The smallest absolute Gasteiger partial charge is 0.300 e. The van der Waals surface area contributed by atoms with E-state index in [-0.39, 0.29) is 23.1 Å². The number of nitrogens with zero attached hydrogens (tertiary/aromatic N) is 2. The number of anilines is 1. The van der Waals surface area contributed by atoms with Crippen LogP contribution < -0.4 is 9.64 Å². The first-order valence-corrected chi connectivity index (χ1v) is 10.2. The maximum Gasteiger partial charge on any atom is 0.300 e. The van der Waals surface area contributed by atoms with Crippen molar-refractivity contribution < 1.29 is 23.8 Å². The Balaban J connectivity index is 1.69. The molecule has 2 aliphatic heterocycles. The van der Waals surface area contributed by atoms with Crippen molar-refractivity contribution in [1.82, 2.24) is 4.98 Å². The zero-order valence-corrected chi connectivity index (χ0v) is 17.2. The van der Waals surface area contributed by atoms with E-state index in [1.807, 2.05) is 6.92 Å². The van der Waals surface area contributed by atoms with Gasteiger partial charge in [-0.05, 0) is 61.0 Å². The van der Waals surface area contributed by atoms with E-state index in [9.17, 15) is 19.1 Å². The molecule has 2 unspecified atom stereocenters. The number of Topliss-reactive ketones (excluding diaryl/α,β-unsaturated/α-hetero) is 1. The molecule has 1 aromatic heterocycles. The Kier molecular flexibility index (Phi) is 4.74. The fourth-order valence-electron chi connectivity index (χ4n) is 4.27. The second-order valence-electron chi connectivity index (χ2n) is 7.86. The SMILES string of the molecule is CC1Cc2cc(/C(O)=C3/C(=O)C(=O)N(c4cccc(F)c4)C3c3ccccn3)ccc2O1. The summed E-state index contributed by atoms with van der Waals surface area (Å²) in [6.45, 7) is 1.95. The average molecular weight is 430 g/mol. The Bertz CT molecular complexity index is 1270. The van der Waals surface area contributed by atoms with Gasteiger partial charge in [0.25, 0.3) is 11.7 Å². The molecule has 0 bridgehead atoms. The van der Waals surface area contributed by atoms with Crippen LogP contribution in [-0.4, -0.2) is 27.9 Å². The minimum absolute atomic E-state index is 0.0227. The lowest BCUT2D eigenvalue weighted by Crippen LogP contribution is -2.29. The van der Waals surface area contributed by atoms with Crippen LogP contribution in [0.1, 0.15) is 29.8 Å². The van der Waals surface area contributed by atoms with Crippen LogP contribution in [0.15, 0.2) is 72.4 Å². The van der Waals surface area contributed by atoms with Crippen LogP contribution in [0.25, 0.3) is 5.76 Å². The monoisotopic (exact) mass is 430 g/mol. The second-order valence-corrected chi connectivity index (χ2v) is 7.86. The number of aromatic nitrogens is 1. The van der Waals surface area contributed by atoms with Crippen molar-refractivity contribution in [3.8, 4) is 5.75 Å². The molecule has 0 spiro atoms. The fraction of sp³-hybridized carbons (Fsp3) is 0.160. The van der Waals surface area contributed by atoms with Crippen molar-refractivity contribution in [2.24, 2.45) is 0 Å². The average Bonchev–Trinajstić information content (AvgIpc) is 3.29. The molecule has 0 aliphatic carbocycles. The van der Waals surface area contributed by atoms with Crippen molar-refractivity contribution in [1.29, 1.82) is 0 Å². The van der Waals surface area contributed by atoms with Gasteiger partial charge in [0.15, 0.2) is 0 Å². The molecule has 160 valence electrons. The van der Waals surface area contributed by atoms with Crippen LogP contribution in [0.4, 0.5) is 10.1 Å². The second kappa shape index (κ2) is 7.60. The molecule has 3 aromatic rings. The number of ether oxygens (including phenoxy) is 1. The van der Waals surface area contributed by atoms with E-state index in [1.165, 1.54) is 35.4 Å². The van der Waals surface area contributed by atoms with E-state index in [2.05, 4.69) is 4.98 Å². The molecule has 5 rings (SSSR count). The van der Waals surface area contributed by atoms with Gasteiger partial charge in [-0.2, -0.15) is 0 Å². The lowest BCUT2D eigenvalue weighted by molar-refractivity contribution is -0.132. The summed E-state index contributed by atoms with van der Waals surface area (Å²) in [5.74, 6) is -1.83. The number of benzene rings is 2. The number of aliphatic hydroxyl groups excluding tert-OH is 1. The summed E-state index contributed by atoms with van der Waals surface area (Å²) < 4.78 is 19.7. The predicted molar refractivity (Wildman–Crippen MR) is 116 cm³/mol. The van der Waals surface area contributed by atoms with Crippen molar-refractivity contribution in [2.45, 2.75) is 25.5 Å². The first-order valence-electron chi connectivity index (χ1n) is 10.2. The van der Waals surface area contributed by atoms with E-state index in [0.717, 1.165) is 11.3 Å².